The van der Waals surface area contributed by atoms with Crippen molar-refractivity contribution in [3.05, 3.63) is 46.6 Å². The molecule has 3 N–H and O–H groups in total. The van der Waals surface area contributed by atoms with Crippen molar-refractivity contribution in [3.63, 3.8) is 0 Å². The molecule has 0 saturated heterocycles. The fourth-order valence-electron chi connectivity index (χ4n) is 2.41. The van der Waals surface area contributed by atoms with Crippen LogP contribution in [0.2, 0.25) is 0 Å². The second-order valence-electron chi connectivity index (χ2n) is 5.05. The maximum absolute atomic E-state index is 7.88. The van der Waals surface area contributed by atoms with Crippen LogP contribution >= 0.6 is 0 Å². The van der Waals surface area contributed by atoms with Gasteiger partial charge in [-0.1, -0.05) is 18.2 Å². The minimum absolute atomic E-state index is 0.0209. The Labute approximate surface area is 125 Å². The highest BCUT2D eigenvalue weighted by atomic mass is 15.3. The van der Waals surface area contributed by atoms with E-state index in [0.29, 0.717) is 11.4 Å². The number of benzene rings is 1. The lowest BCUT2D eigenvalue weighted by molar-refractivity contribution is 0.894. The topological polar surface area (TPSA) is 78.9 Å². The highest BCUT2D eigenvalue weighted by molar-refractivity contribution is 6.01. The summed E-state index contributed by atoms with van der Waals surface area (Å²) < 4.78 is 0. The highest BCUT2D eigenvalue weighted by Gasteiger charge is 2.20. The molecule has 0 aliphatic carbocycles. The van der Waals surface area contributed by atoms with Gasteiger partial charge in [-0.15, -0.1) is 5.10 Å². The number of nitrogens with zero attached hydrogens (tertiary/aromatic N) is 3. The molecule has 0 aliphatic rings. The molecule has 0 amide bonds. The monoisotopic (exact) mass is 283 g/mol. The summed E-state index contributed by atoms with van der Waals surface area (Å²) in [6, 6.07) is 8.09. The summed E-state index contributed by atoms with van der Waals surface area (Å²) in [6.45, 7) is 8.63. The fourth-order valence-corrected chi connectivity index (χ4v) is 2.41. The summed E-state index contributed by atoms with van der Waals surface area (Å²) >= 11 is 0. The van der Waals surface area contributed by atoms with Gasteiger partial charge in [0, 0.05) is 12.2 Å². The zero-order chi connectivity index (χ0) is 15.6. The molecule has 5 heteroatoms. The van der Waals surface area contributed by atoms with E-state index in [0.717, 1.165) is 29.1 Å². The summed E-state index contributed by atoms with van der Waals surface area (Å²) in [5.41, 5.74) is 10.3. The van der Waals surface area contributed by atoms with Crippen LogP contribution in [0.15, 0.2) is 24.3 Å². The second-order valence-corrected chi connectivity index (χ2v) is 5.05. The Hall–Kier alpha value is -2.43. The Morgan fingerprint density at radius 2 is 1.86 bits per heavy atom. The average Bonchev–Trinajstić information content (AvgIpc) is 2.45. The van der Waals surface area contributed by atoms with Crippen LogP contribution in [0.5, 0.6) is 0 Å². The van der Waals surface area contributed by atoms with Crippen LogP contribution < -0.4 is 10.6 Å². The lowest BCUT2D eigenvalue weighted by Crippen LogP contribution is -2.25. The third-order valence-electron chi connectivity index (χ3n) is 3.68. The van der Waals surface area contributed by atoms with Crippen LogP contribution in [-0.2, 0) is 0 Å². The predicted octanol–water partition coefficient (Wildman–Crippen LogP) is 2.84. The Balaban J connectivity index is 2.67. The summed E-state index contributed by atoms with van der Waals surface area (Å²) in [6.07, 6.45) is 0. The molecule has 1 heterocycles. The minimum atomic E-state index is 0.0209. The molecule has 2 rings (SSSR count). The van der Waals surface area contributed by atoms with Crippen molar-refractivity contribution in [3.8, 4) is 0 Å². The normalized spacial score (nSPS) is 10.5. The maximum atomic E-state index is 7.88. The molecule has 0 saturated carbocycles. The van der Waals surface area contributed by atoms with Gasteiger partial charge in [-0.05, 0) is 44.9 Å². The van der Waals surface area contributed by atoms with Crippen LogP contribution in [0.1, 0.15) is 29.3 Å². The number of aromatic nitrogens is 2. The maximum Gasteiger partial charge on any atom is 0.166 e. The number of nitrogens with two attached hydrogens (primary N) is 1. The SMILES string of the molecule is CCN(c1ccccc1C)c1nnc(C)c(C)c1C(=N)N. The molecule has 110 valence electrons. The molecule has 5 nitrogen and oxygen atoms in total. The molecule has 1 aromatic heterocycles. The number of nitrogens with one attached hydrogen (secondary N) is 1. The number of hydrogen-bond donors (Lipinski definition) is 2. The summed E-state index contributed by atoms with van der Waals surface area (Å²) in [4.78, 5) is 2.05. The van der Waals surface area contributed by atoms with E-state index in [9.17, 15) is 0 Å². The highest BCUT2D eigenvalue weighted by Crippen LogP contribution is 2.30. The molecule has 0 fully saturated rings. The standard InChI is InChI=1S/C16H21N5/c1-5-21(13-9-7-6-8-10(13)2)16-14(15(17)18)11(3)12(4)19-20-16/h6-9H,5H2,1-4H3,(H3,17,18). The zero-order valence-electron chi connectivity index (χ0n) is 12.9. The Morgan fingerprint density at radius 3 is 2.43 bits per heavy atom. The predicted molar refractivity (Wildman–Crippen MR) is 86.4 cm³/mol. The molecular weight excluding hydrogens is 262 g/mol. The van der Waals surface area contributed by atoms with Gasteiger partial charge in [-0.3, -0.25) is 5.41 Å². The van der Waals surface area contributed by atoms with Crippen LogP contribution in [0.3, 0.4) is 0 Å². The second kappa shape index (κ2) is 5.91. The molecule has 0 spiro atoms. The van der Waals surface area contributed by atoms with Crippen LogP contribution in [0.4, 0.5) is 11.5 Å². The van der Waals surface area contributed by atoms with E-state index in [1.54, 1.807) is 0 Å². The molecule has 2 aromatic rings. The van der Waals surface area contributed by atoms with Crippen molar-refractivity contribution < 1.29 is 0 Å². The van der Waals surface area contributed by atoms with Gasteiger partial charge in [0.25, 0.3) is 0 Å². The third kappa shape index (κ3) is 2.72. The van der Waals surface area contributed by atoms with Gasteiger partial charge in [0.1, 0.15) is 5.84 Å². The van der Waals surface area contributed by atoms with E-state index in [1.807, 2.05) is 43.9 Å². The van der Waals surface area contributed by atoms with Crippen molar-refractivity contribution in [1.82, 2.24) is 10.2 Å². The molecule has 0 aliphatic heterocycles. The van der Waals surface area contributed by atoms with Gasteiger partial charge in [0.2, 0.25) is 0 Å². The van der Waals surface area contributed by atoms with Gasteiger partial charge in [0.05, 0.1) is 11.3 Å². The summed E-state index contributed by atoms with van der Waals surface area (Å²) in [5, 5.41) is 16.4. The van der Waals surface area contributed by atoms with Gasteiger partial charge >= 0.3 is 0 Å². The van der Waals surface area contributed by atoms with Crippen molar-refractivity contribution in [2.45, 2.75) is 27.7 Å². The van der Waals surface area contributed by atoms with Crippen LogP contribution in [0, 0.1) is 26.2 Å². The first kappa shape index (κ1) is 15.0. The van der Waals surface area contributed by atoms with Crippen molar-refractivity contribution in [1.29, 1.82) is 5.41 Å². The molecule has 21 heavy (non-hydrogen) atoms. The zero-order valence-corrected chi connectivity index (χ0v) is 12.9. The van der Waals surface area contributed by atoms with E-state index >= 15 is 0 Å². The van der Waals surface area contributed by atoms with E-state index < -0.39 is 0 Å². The molecule has 0 atom stereocenters. The largest absolute Gasteiger partial charge is 0.384 e. The molecule has 0 radical (unpaired) electrons. The Bertz CT molecular complexity index is 678. The van der Waals surface area contributed by atoms with E-state index in [-0.39, 0.29) is 5.84 Å². The van der Waals surface area contributed by atoms with E-state index in [2.05, 4.69) is 23.2 Å². The van der Waals surface area contributed by atoms with E-state index in [4.69, 9.17) is 11.1 Å². The number of hydrogen-bond acceptors (Lipinski definition) is 4. The summed E-state index contributed by atoms with van der Waals surface area (Å²) in [7, 11) is 0. The first-order valence-electron chi connectivity index (χ1n) is 6.98. The molecule has 0 bridgehead atoms. The lowest BCUT2D eigenvalue weighted by Gasteiger charge is -2.26. The molecule has 0 unspecified atom stereocenters. The first-order chi connectivity index (χ1) is 9.97. The van der Waals surface area contributed by atoms with Crippen molar-refractivity contribution in [2.75, 3.05) is 11.4 Å². The van der Waals surface area contributed by atoms with Crippen LogP contribution in [0.25, 0.3) is 0 Å². The number of rotatable bonds is 4. The van der Waals surface area contributed by atoms with Gasteiger partial charge in [-0.25, -0.2) is 0 Å². The Morgan fingerprint density at radius 1 is 1.19 bits per heavy atom. The van der Waals surface area contributed by atoms with Crippen molar-refractivity contribution in [2.24, 2.45) is 5.73 Å². The number of nitrogen functional groups attached to an aromatic ring is 1. The quantitative estimate of drug-likeness (QED) is 0.668. The van der Waals surface area contributed by atoms with Gasteiger partial charge < -0.3 is 10.6 Å². The van der Waals surface area contributed by atoms with E-state index in [1.165, 1.54) is 0 Å². The number of amidine groups is 1. The number of aryl methyl sites for hydroxylation is 2. The number of anilines is 2. The third-order valence-corrected chi connectivity index (χ3v) is 3.68. The van der Waals surface area contributed by atoms with Gasteiger partial charge in [0.15, 0.2) is 5.82 Å². The first-order valence-corrected chi connectivity index (χ1v) is 6.98. The fraction of sp³-hybridized carbons (Fsp3) is 0.312. The minimum Gasteiger partial charge on any atom is -0.384 e. The lowest BCUT2D eigenvalue weighted by atomic mass is 10.1. The Kier molecular flexibility index (Phi) is 4.21. The van der Waals surface area contributed by atoms with Crippen molar-refractivity contribution >= 4 is 17.3 Å². The summed E-state index contributed by atoms with van der Waals surface area (Å²) in [5.74, 6) is 0.662. The van der Waals surface area contributed by atoms with Gasteiger partial charge in [-0.2, -0.15) is 5.10 Å². The number of para-hydroxylation sites is 1. The molecular formula is C16H21N5. The smallest absolute Gasteiger partial charge is 0.166 e. The average molecular weight is 283 g/mol. The van der Waals surface area contributed by atoms with Crippen LogP contribution in [-0.4, -0.2) is 22.6 Å². The molecule has 1 aromatic carbocycles.